The lowest BCUT2D eigenvalue weighted by atomic mass is 9.96. The summed E-state index contributed by atoms with van der Waals surface area (Å²) in [7, 11) is 0. The molecular formula is C17H23NO2. The predicted molar refractivity (Wildman–Crippen MR) is 81.2 cm³/mol. The van der Waals surface area contributed by atoms with Crippen LogP contribution in [0.4, 0.5) is 0 Å². The van der Waals surface area contributed by atoms with Crippen molar-refractivity contribution in [3.8, 4) is 0 Å². The monoisotopic (exact) mass is 273 g/mol. The van der Waals surface area contributed by atoms with Gasteiger partial charge in [0, 0.05) is 12.6 Å². The standard InChI is InChI=1S/C17H23NO2/c1-13-6-8-14(9-7-13)10-11-16(19)18-12-4-5-15(18)17(2,3)20/h6-11,15,20H,4-5,12H2,1-3H3/b11-10+. The summed E-state index contributed by atoms with van der Waals surface area (Å²) >= 11 is 0. The van der Waals surface area contributed by atoms with Gasteiger partial charge < -0.3 is 10.0 Å². The first kappa shape index (κ1) is 14.8. The van der Waals surface area contributed by atoms with E-state index in [0.717, 1.165) is 24.9 Å². The van der Waals surface area contributed by atoms with E-state index in [2.05, 4.69) is 0 Å². The van der Waals surface area contributed by atoms with Gasteiger partial charge >= 0.3 is 0 Å². The summed E-state index contributed by atoms with van der Waals surface area (Å²) in [6, 6.07) is 7.96. The molecule has 3 heteroatoms. The molecule has 1 aliphatic rings. The average molecular weight is 273 g/mol. The molecule has 0 aliphatic carbocycles. The SMILES string of the molecule is Cc1ccc(/C=C/C(=O)N2CCCC2C(C)(C)O)cc1. The average Bonchev–Trinajstić information content (AvgIpc) is 2.87. The molecule has 1 aliphatic heterocycles. The number of carbonyl (C=O) groups is 1. The Morgan fingerprint density at radius 2 is 2.00 bits per heavy atom. The van der Waals surface area contributed by atoms with Gasteiger partial charge in [-0.05, 0) is 45.3 Å². The number of benzene rings is 1. The summed E-state index contributed by atoms with van der Waals surface area (Å²) in [4.78, 5) is 14.1. The van der Waals surface area contributed by atoms with E-state index in [1.807, 2.05) is 37.3 Å². The van der Waals surface area contributed by atoms with Crippen LogP contribution >= 0.6 is 0 Å². The highest BCUT2D eigenvalue weighted by molar-refractivity contribution is 5.92. The van der Waals surface area contributed by atoms with E-state index in [9.17, 15) is 9.90 Å². The van der Waals surface area contributed by atoms with Crippen molar-refractivity contribution in [3.63, 3.8) is 0 Å². The molecule has 1 heterocycles. The first-order valence-electron chi connectivity index (χ1n) is 7.15. The maximum absolute atomic E-state index is 12.3. The number of aryl methyl sites for hydroxylation is 1. The van der Waals surface area contributed by atoms with Gasteiger partial charge in [0.05, 0.1) is 11.6 Å². The molecule has 1 amide bonds. The van der Waals surface area contributed by atoms with Gasteiger partial charge in [-0.3, -0.25) is 4.79 Å². The van der Waals surface area contributed by atoms with Crippen LogP contribution in [0.3, 0.4) is 0 Å². The zero-order chi connectivity index (χ0) is 14.8. The topological polar surface area (TPSA) is 40.5 Å². The molecule has 1 unspecified atom stereocenters. The Labute approximate surface area is 120 Å². The summed E-state index contributed by atoms with van der Waals surface area (Å²) in [5, 5.41) is 10.1. The van der Waals surface area contributed by atoms with E-state index in [1.54, 1.807) is 24.8 Å². The van der Waals surface area contributed by atoms with Crippen molar-refractivity contribution in [2.45, 2.75) is 45.3 Å². The van der Waals surface area contributed by atoms with Crippen LogP contribution in [0.2, 0.25) is 0 Å². The third kappa shape index (κ3) is 3.48. The molecule has 108 valence electrons. The molecule has 0 aromatic heterocycles. The molecule has 0 spiro atoms. The van der Waals surface area contributed by atoms with Gasteiger partial charge in [-0.1, -0.05) is 29.8 Å². The van der Waals surface area contributed by atoms with Crippen LogP contribution in [0.1, 0.15) is 37.8 Å². The quantitative estimate of drug-likeness (QED) is 0.860. The van der Waals surface area contributed by atoms with E-state index in [-0.39, 0.29) is 11.9 Å². The second-order valence-corrected chi connectivity index (χ2v) is 6.09. The molecule has 1 fully saturated rings. The molecule has 0 saturated carbocycles. The Morgan fingerprint density at radius 1 is 1.35 bits per heavy atom. The van der Waals surface area contributed by atoms with Gasteiger partial charge in [-0.15, -0.1) is 0 Å². The van der Waals surface area contributed by atoms with Gasteiger partial charge in [-0.2, -0.15) is 0 Å². The fourth-order valence-electron chi connectivity index (χ4n) is 2.71. The number of aliphatic hydroxyl groups is 1. The molecule has 1 N–H and O–H groups in total. The second-order valence-electron chi connectivity index (χ2n) is 6.09. The molecule has 1 aromatic carbocycles. The van der Waals surface area contributed by atoms with Gasteiger partial charge in [-0.25, -0.2) is 0 Å². The van der Waals surface area contributed by atoms with Crippen LogP contribution in [-0.4, -0.2) is 34.1 Å². The molecule has 0 radical (unpaired) electrons. The van der Waals surface area contributed by atoms with E-state index in [1.165, 1.54) is 5.56 Å². The Morgan fingerprint density at radius 3 is 2.60 bits per heavy atom. The fraction of sp³-hybridized carbons (Fsp3) is 0.471. The van der Waals surface area contributed by atoms with Crippen molar-refractivity contribution >= 4 is 12.0 Å². The summed E-state index contributed by atoms with van der Waals surface area (Å²) in [6.07, 6.45) is 5.27. The van der Waals surface area contributed by atoms with E-state index >= 15 is 0 Å². The van der Waals surface area contributed by atoms with E-state index < -0.39 is 5.60 Å². The van der Waals surface area contributed by atoms with Gasteiger partial charge in [0.1, 0.15) is 0 Å². The lowest BCUT2D eigenvalue weighted by Crippen LogP contribution is -2.47. The van der Waals surface area contributed by atoms with Crippen molar-refractivity contribution in [2.75, 3.05) is 6.54 Å². The van der Waals surface area contributed by atoms with Crippen LogP contribution in [0.25, 0.3) is 6.08 Å². The molecule has 3 nitrogen and oxygen atoms in total. The van der Waals surface area contributed by atoms with E-state index in [0.29, 0.717) is 0 Å². The van der Waals surface area contributed by atoms with Crippen molar-refractivity contribution in [2.24, 2.45) is 0 Å². The zero-order valence-electron chi connectivity index (χ0n) is 12.5. The first-order valence-corrected chi connectivity index (χ1v) is 7.15. The number of likely N-dealkylation sites (tertiary alicyclic amines) is 1. The van der Waals surface area contributed by atoms with Gasteiger partial charge in [0.15, 0.2) is 0 Å². The predicted octanol–water partition coefficient (Wildman–Crippen LogP) is 2.77. The first-order chi connectivity index (χ1) is 9.38. The summed E-state index contributed by atoms with van der Waals surface area (Å²) in [5.41, 5.74) is 1.38. The number of hydrogen-bond donors (Lipinski definition) is 1. The van der Waals surface area contributed by atoms with Crippen molar-refractivity contribution < 1.29 is 9.90 Å². The minimum atomic E-state index is -0.843. The minimum absolute atomic E-state index is 0.0183. The van der Waals surface area contributed by atoms with Crippen molar-refractivity contribution in [1.29, 1.82) is 0 Å². The highest BCUT2D eigenvalue weighted by Gasteiger charge is 2.37. The molecule has 2 rings (SSSR count). The van der Waals surface area contributed by atoms with Gasteiger partial charge in [0.2, 0.25) is 5.91 Å². The Bertz CT molecular complexity index is 497. The zero-order valence-corrected chi connectivity index (χ0v) is 12.5. The Balaban J connectivity index is 2.06. The Kier molecular flexibility index (Phi) is 4.29. The summed E-state index contributed by atoms with van der Waals surface area (Å²) in [6.45, 7) is 6.31. The maximum Gasteiger partial charge on any atom is 0.246 e. The van der Waals surface area contributed by atoms with Crippen molar-refractivity contribution in [1.82, 2.24) is 4.90 Å². The highest BCUT2D eigenvalue weighted by Crippen LogP contribution is 2.27. The lowest BCUT2D eigenvalue weighted by molar-refractivity contribution is -0.131. The third-order valence-electron chi connectivity index (χ3n) is 3.85. The van der Waals surface area contributed by atoms with Crippen LogP contribution in [0, 0.1) is 6.92 Å². The Hall–Kier alpha value is -1.61. The van der Waals surface area contributed by atoms with Crippen molar-refractivity contribution in [3.05, 3.63) is 41.5 Å². The second kappa shape index (κ2) is 5.80. The van der Waals surface area contributed by atoms with Crippen LogP contribution in [-0.2, 0) is 4.79 Å². The third-order valence-corrected chi connectivity index (χ3v) is 3.85. The molecule has 1 atom stereocenters. The van der Waals surface area contributed by atoms with E-state index in [4.69, 9.17) is 0 Å². The number of rotatable bonds is 3. The molecule has 1 aromatic rings. The number of hydrogen-bond acceptors (Lipinski definition) is 2. The van der Waals surface area contributed by atoms with Gasteiger partial charge in [0.25, 0.3) is 0 Å². The molecule has 0 bridgehead atoms. The smallest absolute Gasteiger partial charge is 0.246 e. The highest BCUT2D eigenvalue weighted by atomic mass is 16.3. The lowest BCUT2D eigenvalue weighted by Gasteiger charge is -2.33. The fourth-order valence-corrected chi connectivity index (χ4v) is 2.71. The number of nitrogens with zero attached hydrogens (tertiary/aromatic N) is 1. The minimum Gasteiger partial charge on any atom is -0.388 e. The normalized spacial score (nSPS) is 19.8. The molecule has 20 heavy (non-hydrogen) atoms. The maximum atomic E-state index is 12.3. The summed E-state index contributed by atoms with van der Waals surface area (Å²) in [5.74, 6) is -0.0183. The van der Waals surface area contributed by atoms with Crippen LogP contribution in [0.5, 0.6) is 0 Å². The number of amides is 1. The molecular weight excluding hydrogens is 250 g/mol. The van der Waals surface area contributed by atoms with Crippen LogP contribution in [0.15, 0.2) is 30.3 Å². The number of carbonyl (C=O) groups excluding carboxylic acids is 1. The van der Waals surface area contributed by atoms with Crippen LogP contribution < -0.4 is 0 Å². The molecule has 1 saturated heterocycles. The largest absolute Gasteiger partial charge is 0.388 e. The summed E-state index contributed by atoms with van der Waals surface area (Å²) < 4.78 is 0.